The maximum absolute atomic E-state index is 12.6. The van der Waals surface area contributed by atoms with E-state index in [1.54, 1.807) is 12.1 Å². The van der Waals surface area contributed by atoms with E-state index in [1.807, 2.05) is 17.5 Å². The second-order valence-electron chi connectivity index (χ2n) is 6.67. The lowest BCUT2D eigenvalue weighted by atomic mass is 10.1. The molecule has 10 heteroatoms. The van der Waals surface area contributed by atoms with E-state index in [1.165, 1.54) is 35.6 Å². The number of sulfonamides is 1. The van der Waals surface area contributed by atoms with Crippen LogP contribution >= 0.6 is 22.9 Å². The van der Waals surface area contributed by atoms with Crippen molar-refractivity contribution >= 4 is 38.9 Å². The quantitative estimate of drug-likeness (QED) is 0.513. The number of hydrogen-bond donors (Lipinski definition) is 1. The largest absolute Gasteiger partial charge is 0.467 e. The number of esters is 1. The second kappa shape index (κ2) is 9.37. The molecule has 2 aromatic carbocycles. The van der Waals surface area contributed by atoms with Crippen molar-refractivity contribution < 1.29 is 27.4 Å². The molecule has 162 valence electrons. The summed E-state index contributed by atoms with van der Waals surface area (Å²) in [6, 6.07) is 12.8. The molecule has 0 amide bonds. The van der Waals surface area contributed by atoms with Crippen molar-refractivity contribution in [2.75, 3.05) is 6.79 Å². The van der Waals surface area contributed by atoms with E-state index in [-0.39, 0.29) is 30.4 Å². The Bertz CT molecular complexity index is 1190. The molecule has 0 bridgehead atoms. The molecule has 2 heterocycles. The maximum Gasteiger partial charge on any atom is 0.338 e. The fourth-order valence-electron chi connectivity index (χ4n) is 3.04. The van der Waals surface area contributed by atoms with Gasteiger partial charge >= 0.3 is 5.97 Å². The van der Waals surface area contributed by atoms with E-state index < -0.39 is 16.0 Å². The Kier molecular flexibility index (Phi) is 6.59. The fraction of sp³-hybridized carbons (Fsp3) is 0.190. The number of ether oxygens (including phenoxy) is 3. The number of hydrogen-bond acceptors (Lipinski definition) is 7. The predicted octanol–water partition coefficient (Wildman–Crippen LogP) is 4.10. The zero-order valence-electron chi connectivity index (χ0n) is 16.2. The van der Waals surface area contributed by atoms with Crippen molar-refractivity contribution in [1.82, 2.24) is 4.72 Å². The third kappa shape index (κ3) is 5.25. The Hall–Kier alpha value is -2.43. The Morgan fingerprint density at radius 1 is 1.19 bits per heavy atom. The zero-order chi connectivity index (χ0) is 21.8. The summed E-state index contributed by atoms with van der Waals surface area (Å²) >= 11 is 7.58. The van der Waals surface area contributed by atoms with Crippen LogP contribution in [0.4, 0.5) is 0 Å². The SMILES string of the molecule is O=C(OCc1cc(Cl)cc2c1OCOC2)c1cccc(S(=O)(=O)NCc2cccs2)c1. The van der Waals surface area contributed by atoms with Gasteiger partial charge in [0.1, 0.15) is 12.4 Å². The van der Waals surface area contributed by atoms with E-state index in [4.69, 9.17) is 25.8 Å². The van der Waals surface area contributed by atoms with Gasteiger partial charge in [0, 0.05) is 27.6 Å². The van der Waals surface area contributed by atoms with Gasteiger partial charge in [0.05, 0.1) is 17.1 Å². The van der Waals surface area contributed by atoms with Crippen LogP contribution in [0.3, 0.4) is 0 Å². The smallest absolute Gasteiger partial charge is 0.338 e. The van der Waals surface area contributed by atoms with Crippen LogP contribution in [0.2, 0.25) is 5.02 Å². The van der Waals surface area contributed by atoms with Crippen molar-refractivity contribution in [2.24, 2.45) is 0 Å². The van der Waals surface area contributed by atoms with E-state index >= 15 is 0 Å². The summed E-state index contributed by atoms with van der Waals surface area (Å²) in [6.45, 7) is 0.566. The molecule has 4 rings (SSSR count). The maximum atomic E-state index is 12.6. The van der Waals surface area contributed by atoms with Crippen LogP contribution in [0.5, 0.6) is 5.75 Å². The van der Waals surface area contributed by atoms with E-state index in [2.05, 4.69) is 4.72 Å². The second-order valence-corrected chi connectivity index (χ2v) is 9.91. The summed E-state index contributed by atoms with van der Waals surface area (Å²) in [5, 5.41) is 2.35. The molecule has 0 fully saturated rings. The van der Waals surface area contributed by atoms with Gasteiger partial charge < -0.3 is 14.2 Å². The van der Waals surface area contributed by atoms with Gasteiger partial charge in [0.2, 0.25) is 10.0 Å². The lowest BCUT2D eigenvalue weighted by Gasteiger charge is -2.21. The Balaban J connectivity index is 1.46. The summed E-state index contributed by atoms with van der Waals surface area (Å²) in [6.07, 6.45) is 0. The minimum absolute atomic E-state index is 0.0147. The van der Waals surface area contributed by atoms with E-state index in [9.17, 15) is 13.2 Å². The van der Waals surface area contributed by atoms with Crippen molar-refractivity contribution in [3.05, 3.63) is 80.5 Å². The van der Waals surface area contributed by atoms with Gasteiger partial charge in [-0.2, -0.15) is 0 Å². The Morgan fingerprint density at radius 3 is 2.87 bits per heavy atom. The van der Waals surface area contributed by atoms with Crippen molar-refractivity contribution in [1.29, 1.82) is 0 Å². The average Bonchev–Trinajstić information content (AvgIpc) is 3.30. The number of nitrogens with one attached hydrogen (secondary N) is 1. The third-order valence-electron chi connectivity index (χ3n) is 4.51. The highest BCUT2D eigenvalue weighted by Crippen LogP contribution is 2.32. The highest BCUT2D eigenvalue weighted by atomic mass is 35.5. The summed E-state index contributed by atoms with van der Waals surface area (Å²) in [5.41, 5.74) is 1.51. The summed E-state index contributed by atoms with van der Waals surface area (Å²) in [7, 11) is -3.78. The molecule has 3 aromatic rings. The third-order valence-corrected chi connectivity index (χ3v) is 7.00. The highest BCUT2D eigenvalue weighted by Gasteiger charge is 2.20. The molecule has 0 radical (unpaired) electrons. The number of thiophene rings is 1. The standard InChI is InChI=1S/C21H18ClNO6S2/c22-17-7-15-11-27-13-29-20(15)16(8-17)12-28-21(24)14-3-1-5-19(9-14)31(25,26)23-10-18-4-2-6-30-18/h1-9,23H,10-13H2. The number of fused-ring (bicyclic) bond motifs is 1. The first-order valence-electron chi connectivity index (χ1n) is 9.23. The van der Waals surface area contributed by atoms with Crippen LogP contribution in [-0.4, -0.2) is 21.2 Å². The summed E-state index contributed by atoms with van der Waals surface area (Å²) in [5.74, 6) is -0.0753. The minimum atomic E-state index is -3.78. The first-order valence-corrected chi connectivity index (χ1v) is 12.0. The van der Waals surface area contributed by atoms with Gasteiger partial charge in [-0.15, -0.1) is 11.3 Å². The van der Waals surface area contributed by atoms with Crippen LogP contribution in [0.15, 0.2) is 58.8 Å². The molecule has 31 heavy (non-hydrogen) atoms. The molecule has 0 unspecified atom stereocenters. The van der Waals surface area contributed by atoms with Crippen molar-refractivity contribution in [3.8, 4) is 5.75 Å². The number of carbonyl (C=O) groups is 1. The fourth-order valence-corrected chi connectivity index (χ4v) is 5.09. The molecule has 0 atom stereocenters. The molecular weight excluding hydrogens is 462 g/mol. The molecule has 1 aliphatic rings. The molecule has 0 aliphatic carbocycles. The lowest BCUT2D eigenvalue weighted by Crippen LogP contribution is -2.23. The molecule has 0 spiro atoms. The lowest BCUT2D eigenvalue weighted by molar-refractivity contribution is -0.0180. The van der Waals surface area contributed by atoms with Gasteiger partial charge in [-0.25, -0.2) is 17.9 Å². The molecule has 1 N–H and O–H groups in total. The number of halogens is 1. The van der Waals surface area contributed by atoms with Gasteiger partial charge in [-0.1, -0.05) is 23.7 Å². The van der Waals surface area contributed by atoms with Gasteiger partial charge in [-0.3, -0.25) is 0 Å². The average molecular weight is 480 g/mol. The van der Waals surface area contributed by atoms with Gasteiger partial charge in [0.15, 0.2) is 6.79 Å². The number of carbonyl (C=O) groups excluding carboxylic acids is 1. The summed E-state index contributed by atoms with van der Waals surface area (Å²) in [4.78, 5) is 13.4. The molecule has 0 saturated carbocycles. The normalized spacial score (nSPS) is 13.3. The molecule has 0 saturated heterocycles. The Labute approximate surface area is 188 Å². The van der Waals surface area contributed by atoms with Crippen LogP contribution < -0.4 is 9.46 Å². The predicted molar refractivity (Wildman–Crippen MR) is 116 cm³/mol. The summed E-state index contributed by atoms with van der Waals surface area (Å²) < 4.78 is 43.8. The van der Waals surface area contributed by atoms with Gasteiger partial charge in [-0.05, 0) is 41.8 Å². The van der Waals surface area contributed by atoms with Crippen molar-refractivity contribution in [2.45, 2.75) is 24.7 Å². The monoisotopic (exact) mass is 479 g/mol. The van der Waals surface area contributed by atoms with Crippen LogP contribution in [0.1, 0.15) is 26.4 Å². The number of rotatable bonds is 7. The first kappa shape index (κ1) is 21.8. The molecule has 1 aromatic heterocycles. The van der Waals surface area contributed by atoms with Crippen molar-refractivity contribution in [3.63, 3.8) is 0 Å². The highest BCUT2D eigenvalue weighted by molar-refractivity contribution is 7.89. The first-order chi connectivity index (χ1) is 14.9. The number of benzene rings is 2. The van der Waals surface area contributed by atoms with Crippen LogP contribution in [0, 0.1) is 0 Å². The van der Waals surface area contributed by atoms with E-state index in [0.717, 1.165) is 10.4 Å². The Morgan fingerprint density at radius 2 is 2.06 bits per heavy atom. The molecule has 1 aliphatic heterocycles. The van der Waals surface area contributed by atoms with Crippen LogP contribution in [0.25, 0.3) is 0 Å². The topological polar surface area (TPSA) is 90.9 Å². The van der Waals surface area contributed by atoms with Crippen LogP contribution in [-0.2, 0) is 39.3 Å². The van der Waals surface area contributed by atoms with E-state index in [0.29, 0.717) is 22.9 Å². The molecular formula is C21H18ClNO6S2. The molecule has 7 nitrogen and oxygen atoms in total. The van der Waals surface area contributed by atoms with Gasteiger partial charge in [0.25, 0.3) is 0 Å². The minimum Gasteiger partial charge on any atom is -0.467 e. The zero-order valence-corrected chi connectivity index (χ0v) is 18.6.